The van der Waals surface area contributed by atoms with Crippen LogP contribution in [0.4, 0.5) is 0 Å². The molecule has 3 nitrogen and oxygen atoms in total. The molecule has 0 saturated carbocycles. The molecule has 1 heterocycles. The number of aliphatic hydroxyl groups excluding tert-OH is 1. The first-order valence-electron chi connectivity index (χ1n) is 5.82. The fraction of sp³-hybridized carbons (Fsp3) is 0.286. The molecular formula is C14H15BrO3S. The van der Waals surface area contributed by atoms with E-state index in [0.717, 1.165) is 14.9 Å². The average Bonchev–Trinajstić information content (AvgIpc) is 2.81. The fourth-order valence-corrected chi connectivity index (χ4v) is 3.06. The summed E-state index contributed by atoms with van der Waals surface area (Å²) < 4.78 is 12.0. The van der Waals surface area contributed by atoms with E-state index in [0.29, 0.717) is 18.1 Å². The van der Waals surface area contributed by atoms with Crippen molar-refractivity contribution in [3.05, 3.63) is 44.6 Å². The van der Waals surface area contributed by atoms with Gasteiger partial charge in [-0.2, -0.15) is 0 Å². The highest BCUT2D eigenvalue weighted by atomic mass is 79.9. The minimum atomic E-state index is -0.576. The third-order valence-electron chi connectivity index (χ3n) is 2.72. The standard InChI is InChI=1S/C14H15BrO3S/c1-9(16)11-4-3-10(17-2)7-13(11)18-8-14-12(15)5-6-19-14/h3-7,9,16H,8H2,1-2H3/t9-/m0/s1. The molecule has 2 rings (SSSR count). The molecule has 0 spiro atoms. The molecule has 0 amide bonds. The molecule has 1 aromatic carbocycles. The summed E-state index contributed by atoms with van der Waals surface area (Å²) >= 11 is 5.10. The summed E-state index contributed by atoms with van der Waals surface area (Å²) in [5.74, 6) is 1.36. The van der Waals surface area contributed by atoms with Crippen molar-refractivity contribution in [2.24, 2.45) is 0 Å². The second kappa shape index (κ2) is 6.41. The predicted molar refractivity (Wildman–Crippen MR) is 80.0 cm³/mol. The summed E-state index contributed by atoms with van der Waals surface area (Å²) in [7, 11) is 1.61. The Bertz CT molecular complexity index is 551. The number of thiophene rings is 1. The van der Waals surface area contributed by atoms with Crippen molar-refractivity contribution in [2.45, 2.75) is 19.6 Å². The Morgan fingerprint density at radius 2 is 2.16 bits per heavy atom. The maximum absolute atomic E-state index is 9.75. The molecule has 1 aromatic heterocycles. The second-order valence-electron chi connectivity index (χ2n) is 4.06. The molecule has 1 atom stereocenters. The molecule has 19 heavy (non-hydrogen) atoms. The summed E-state index contributed by atoms with van der Waals surface area (Å²) in [5.41, 5.74) is 0.758. The summed E-state index contributed by atoms with van der Waals surface area (Å²) in [6.45, 7) is 2.18. The first-order valence-corrected chi connectivity index (χ1v) is 7.49. The van der Waals surface area contributed by atoms with Gasteiger partial charge in [0.25, 0.3) is 0 Å². The largest absolute Gasteiger partial charge is 0.497 e. The van der Waals surface area contributed by atoms with Gasteiger partial charge in [-0.1, -0.05) is 0 Å². The van der Waals surface area contributed by atoms with Crippen LogP contribution in [0.15, 0.2) is 34.1 Å². The minimum Gasteiger partial charge on any atom is -0.497 e. The van der Waals surface area contributed by atoms with Crippen molar-refractivity contribution in [1.82, 2.24) is 0 Å². The molecule has 102 valence electrons. The third kappa shape index (κ3) is 3.49. The number of benzene rings is 1. The molecule has 5 heteroatoms. The van der Waals surface area contributed by atoms with E-state index < -0.39 is 6.10 Å². The highest BCUT2D eigenvalue weighted by Crippen LogP contribution is 2.31. The number of rotatable bonds is 5. The predicted octanol–water partition coefficient (Wildman–Crippen LogP) is 4.15. The first-order chi connectivity index (χ1) is 9.11. The van der Waals surface area contributed by atoms with Gasteiger partial charge in [-0.15, -0.1) is 11.3 Å². The first kappa shape index (κ1) is 14.4. The normalized spacial score (nSPS) is 12.2. The minimum absolute atomic E-state index is 0.463. The number of ether oxygens (including phenoxy) is 2. The lowest BCUT2D eigenvalue weighted by Gasteiger charge is -2.14. The van der Waals surface area contributed by atoms with Crippen LogP contribution in [0.1, 0.15) is 23.5 Å². The Morgan fingerprint density at radius 1 is 1.37 bits per heavy atom. The summed E-state index contributed by atoms with van der Waals surface area (Å²) in [6.07, 6.45) is -0.576. The lowest BCUT2D eigenvalue weighted by Crippen LogP contribution is -2.01. The number of hydrogen-bond acceptors (Lipinski definition) is 4. The van der Waals surface area contributed by atoms with Gasteiger partial charge in [0.05, 0.1) is 18.1 Å². The zero-order valence-corrected chi connectivity index (χ0v) is 13.1. The van der Waals surface area contributed by atoms with Crippen LogP contribution in [0.2, 0.25) is 0 Å². The van der Waals surface area contributed by atoms with Crippen LogP contribution in [0, 0.1) is 0 Å². The Morgan fingerprint density at radius 3 is 2.74 bits per heavy atom. The molecule has 1 N–H and O–H groups in total. The molecule has 2 aromatic rings. The van der Waals surface area contributed by atoms with E-state index in [-0.39, 0.29) is 0 Å². The molecule has 0 unspecified atom stereocenters. The van der Waals surface area contributed by atoms with Gasteiger partial charge >= 0.3 is 0 Å². The maximum Gasteiger partial charge on any atom is 0.129 e. The number of aliphatic hydroxyl groups is 1. The van der Waals surface area contributed by atoms with Gasteiger partial charge in [0, 0.05) is 16.1 Å². The highest BCUT2D eigenvalue weighted by molar-refractivity contribution is 9.10. The molecule has 0 bridgehead atoms. The van der Waals surface area contributed by atoms with Crippen LogP contribution in [0.5, 0.6) is 11.5 Å². The lowest BCUT2D eigenvalue weighted by atomic mass is 10.1. The Kier molecular flexibility index (Phi) is 4.85. The van der Waals surface area contributed by atoms with E-state index in [2.05, 4.69) is 15.9 Å². The van der Waals surface area contributed by atoms with Crippen LogP contribution in [0.25, 0.3) is 0 Å². The van der Waals surface area contributed by atoms with Gasteiger partial charge in [-0.25, -0.2) is 0 Å². The zero-order valence-electron chi connectivity index (χ0n) is 10.7. The van der Waals surface area contributed by atoms with E-state index in [4.69, 9.17) is 9.47 Å². The topological polar surface area (TPSA) is 38.7 Å². The Labute approximate surface area is 124 Å². The summed E-state index contributed by atoms with van der Waals surface area (Å²) in [5, 5.41) is 11.8. The van der Waals surface area contributed by atoms with Gasteiger partial charge in [-0.05, 0) is 46.4 Å². The van der Waals surface area contributed by atoms with Gasteiger partial charge in [0.1, 0.15) is 18.1 Å². The van der Waals surface area contributed by atoms with Crippen molar-refractivity contribution in [3.8, 4) is 11.5 Å². The molecule has 0 aliphatic rings. The van der Waals surface area contributed by atoms with Crippen molar-refractivity contribution in [1.29, 1.82) is 0 Å². The number of methoxy groups -OCH3 is 1. The van der Waals surface area contributed by atoms with Crippen molar-refractivity contribution >= 4 is 27.3 Å². The van der Waals surface area contributed by atoms with Crippen LogP contribution < -0.4 is 9.47 Å². The van der Waals surface area contributed by atoms with E-state index in [1.54, 1.807) is 31.4 Å². The molecule has 0 saturated heterocycles. The Balaban J connectivity index is 2.20. The molecule has 0 fully saturated rings. The van der Waals surface area contributed by atoms with Crippen molar-refractivity contribution in [3.63, 3.8) is 0 Å². The van der Waals surface area contributed by atoms with E-state index in [1.165, 1.54) is 0 Å². The van der Waals surface area contributed by atoms with Crippen molar-refractivity contribution in [2.75, 3.05) is 7.11 Å². The zero-order chi connectivity index (χ0) is 13.8. The van der Waals surface area contributed by atoms with Crippen LogP contribution in [0.3, 0.4) is 0 Å². The average molecular weight is 343 g/mol. The molecule has 0 aliphatic carbocycles. The SMILES string of the molecule is COc1ccc([C@H](C)O)c(OCc2sccc2Br)c1. The fourth-order valence-electron chi connectivity index (χ4n) is 1.68. The van der Waals surface area contributed by atoms with Crippen molar-refractivity contribution < 1.29 is 14.6 Å². The quantitative estimate of drug-likeness (QED) is 0.886. The summed E-state index contributed by atoms with van der Waals surface area (Å²) in [6, 6.07) is 7.42. The lowest BCUT2D eigenvalue weighted by molar-refractivity contribution is 0.190. The molecule has 0 radical (unpaired) electrons. The number of hydrogen-bond donors (Lipinski definition) is 1. The number of halogens is 1. The summed E-state index contributed by atoms with van der Waals surface area (Å²) in [4.78, 5) is 1.11. The van der Waals surface area contributed by atoms with Gasteiger partial charge in [-0.3, -0.25) is 0 Å². The maximum atomic E-state index is 9.75. The molecular weight excluding hydrogens is 328 g/mol. The van der Waals surface area contributed by atoms with Crippen LogP contribution in [-0.4, -0.2) is 12.2 Å². The monoisotopic (exact) mass is 342 g/mol. The Hall–Kier alpha value is -1.04. The highest BCUT2D eigenvalue weighted by Gasteiger charge is 2.12. The third-order valence-corrected chi connectivity index (χ3v) is 4.62. The van der Waals surface area contributed by atoms with E-state index in [9.17, 15) is 5.11 Å². The molecule has 0 aliphatic heterocycles. The van der Waals surface area contributed by atoms with Gasteiger partial charge < -0.3 is 14.6 Å². The smallest absolute Gasteiger partial charge is 0.129 e. The second-order valence-corrected chi connectivity index (χ2v) is 5.92. The van der Waals surface area contributed by atoms with E-state index >= 15 is 0 Å². The van der Waals surface area contributed by atoms with Gasteiger partial charge in [0.2, 0.25) is 0 Å². The van der Waals surface area contributed by atoms with Crippen LogP contribution >= 0.6 is 27.3 Å². The van der Waals surface area contributed by atoms with Crippen LogP contribution in [-0.2, 0) is 6.61 Å². The van der Waals surface area contributed by atoms with E-state index in [1.807, 2.05) is 23.6 Å². The van der Waals surface area contributed by atoms with Gasteiger partial charge in [0.15, 0.2) is 0 Å².